The van der Waals surface area contributed by atoms with Gasteiger partial charge < -0.3 is 14.6 Å². The zero-order chi connectivity index (χ0) is 19.9. The van der Waals surface area contributed by atoms with Gasteiger partial charge in [-0.15, -0.1) is 0 Å². The Hall–Kier alpha value is -3.81. The first kappa shape index (κ1) is 19.0. The van der Waals surface area contributed by atoms with E-state index in [4.69, 9.17) is 9.47 Å². The molecule has 144 valence electrons. The van der Waals surface area contributed by atoms with E-state index in [0.717, 1.165) is 11.1 Å². The van der Waals surface area contributed by atoms with Crippen LogP contribution in [-0.2, 0) is 0 Å². The van der Waals surface area contributed by atoms with Crippen LogP contribution >= 0.6 is 0 Å². The van der Waals surface area contributed by atoms with Gasteiger partial charge in [-0.25, -0.2) is 5.43 Å². The molecule has 0 aliphatic carbocycles. The van der Waals surface area contributed by atoms with Crippen LogP contribution in [0.2, 0.25) is 0 Å². The van der Waals surface area contributed by atoms with E-state index in [1.807, 2.05) is 13.0 Å². The second kappa shape index (κ2) is 8.72. The number of aromatic hydroxyl groups is 1. The van der Waals surface area contributed by atoms with Crippen LogP contribution in [0.1, 0.15) is 23.0 Å². The molecule has 0 spiro atoms. The first-order valence-electron chi connectivity index (χ1n) is 8.59. The summed E-state index contributed by atoms with van der Waals surface area (Å²) in [5.74, 6) is 0.974. The van der Waals surface area contributed by atoms with Crippen molar-refractivity contribution >= 4 is 12.1 Å². The highest BCUT2D eigenvalue weighted by molar-refractivity contribution is 5.94. The largest absolute Gasteiger partial charge is 0.508 e. The van der Waals surface area contributed by atoms with Crippen molar-refractivity contribution in [1.82, 2.24) is 15.6 Å². The number of H-pyrrole nitrogens is 1. The average Bonchev–Trinajstić information content (AvgIpc) is 3.20. The Labute approximate surface area is 161 Å². The van der Waals surface area contributed by atoms with E-state index in [1.165, 1.54) is 18.3 Å². The van der Waals surface area contributed by atoms with Crippen LogP contribution in [-0.4, -0.2) is 41.1 Å². The topological polar surface area (TPSA) is 109 Å². The molecular weight excluding hydrogens is 360 g/mol. The molecule has 0 atom stereocenters. The molecule has 2 aromatic carbocycles. The van der Waals surface area contributed by atoms with E-state index in [1.54, 1.807) is 37.4 Å². The first-order chi connectivity index (χ1) is 13.6. The van der Waals surface area contributed by atoms with Crippen LogP contribution in [0.3, 0.4) is 0 Å². The van der Waals surface area contributed by atoms with Gasteiger partial charge in [0, 0.05) is 5.56 Å². The molecule has 0 fully saturated rings. The number of rotatable bonds is 7. The molecule has 3 N–H and O–H groups in total. The molecular formula is C20H20N4O4. The third-order valence-electron chi connectivity index (χ3n) is 3.85. The van der Waals surface area contributed by atoms with E-state index < -0.39 is 5.91 Å². The smallest absolute Gasteiger partial charge is 0.289 e. The van der Waals surface area contributed by atoms with Gasteiger partial charge in [0.1, 0.15) is 11.4 Å². The van der Waals surface area contributed by atoms with Crippen LogP contribution in [0.5, 0.6) is 17.2 Å². The first-order valence-corrected chi connectivity index (χ1v) is 8.59. The van der Waals surface area contributed by atoms with E-state index in [9.17, 15) is 9.90 Å². The lowest BCUT2D eigenvalue weighted by Gasteiger charge is -2.09. The number of amides is 1. The fourth-order valence-electron chi connectivity index (χ4n) is 2.47. The Morgan fingerprint density at radius 3 is 2.71 bits per heavy atom. The zero-order valence-corrected chi connectivity index (χ0v) is 15.5. The minimum Gasteiger partial charge on any atom is -0.508 e. The number of nitrogens with zero attached hydrogens (tertiary/aromatic N) is 2. The average molecular weight is 380 g/mol. The van der Waals surface area contributed by atoms with Crippen LogP contribution in [0.15, 0.2) is 53.6 Å². The molecule has 0 aliphatic heterocycles. The van der Waals surface area contributed by atoms with Crippen LogP contribution in [0, 0.1) is 0 Å². The van der Waals surface area contributed by atoms with E-state index in [0.29, 0.717) is 23.8 Å². The Morgan fingerprint density at radius 2 is 2.00 bits per heavy atom. The maximum Gasteiger partial charge on any atom is 0.289 e. The fraction of sp³-hybridized carbons (Fsp3) is 0.150. The van der Waals surface area contributed by atoms with Crippen LogP contribution in [0.25, 0.3) is 11.3 Å². The summed E-state index contributed by atoms with van der Waals surface area (Å²) in [7, 11) is 1.57. The highest BCUT2D eigenvalue weighted by Gasteiger charge is 2.13. The van der Waals surface area contributed by atoms with Crippen molar-refractivity contribution in [1.29, 1.82) is 0 Å². The van der Waals surface area contributed by atoms with Gasteiger partial charge in [0.15, 0.2) is 11.5 Å². The van der Waals surface area contributed by atoms with Crippen molar-refractivity contribution in [2.75, 3.05) is 13.7 Å². The molecule has 1 aromatic heterocycles. The lowest BCUT2D eigenvalue weighted by molar-refractivity contribution is 0.0950. The third kappa shape index (κ3) is 4.47. The maximum absolute atomic E-state index is 12.2. The van der Waals surface area contributed by atoms with Gasteiger partial charge in [0.25, 0.3) is 5.91 Å². The van der Waals surface area contributed by atoms with Crippen molar-refractivity contribution in [2.45, 2.75) is 6.92 Å². The SMILES string of the molecule is CCOc1ccc(-c2cc(C(=O)NN=Cc3ccc(O)cc3)[nH]n2)cc1OC. The van der Waals surface area contributed by atoms with Gasteiger partial charge in [-0.2, -0.15) is 10.2 Å². The summed E-state index contributed by atoms with van der Waals surface area (Å²) in [6.45, 7) is 2.43. The maximum atomic E-state index is 12.2. The van der Waals surface area contributed by atoms with Crippen molar-refractivity contribution < 1.29 is 19.4 Å². The van der Waals surface area contributed by atoms with Gasteiger partial charge >= 0.3 is 0 Å². The monoisotopic (exact) mass is 380 g/mol. The molecule has 8 nitrogen and oxygen atoms in total. The number of benzene rings is 2. The number of hydrogen-bond acceptors (Lipinski definition) is 6. The van der Waals surface area contributed by atoms with Crippen molar-refractivity contribution in [3.8, 4) is 28.5 Å². The number of methoxy groups -OCH3 is 1. The molecule has 1 amide bonds. The molecule has 0 bridgehead atoms. The van der Waals surface area contributed by atoms with Gasteiger partial charge in [-0.05, 0) is 61.0 Å². The molecule has 0 aliphatic rings. The number of phenols is 1. The Morgan fingerprint density at radius 1 is 1.21 bits per heavy atom. The standard InChI is InChI=1S/C20H20N4O4/c1-3-28-18-9-6-14(10-19(18)27-2)16-11-17(23-22-16)20(26)24-21-12-13-4-7-15(25)8-5-13/h4-12,25H,3H2,1-2H3,(H,22,23)(H,24,26). The normalized spacial score (nSPS) is 10.8. The second-order valence-electron chi connectivity index (χ2n) is 5.76. The summed E-state index contributed by atoms with van der Waals surface area (Å²) in [5, 5.41) is 20.0. The lowest BCUT2D eigenvalue weighted by atomic mass is 10.1. The summed E-state index contributed by atoms with van der Waals surface area (Å²) in [6.07, 6.45) is 1.48. The summed E-state index contributed by atoms with van der Waals surface area (Å²) in [5.41, 5.74) is 4.81. The van der Waals surface area contributed by atoms with Crippen molar-refractivity contribution in [3.05, 3.63) is 59.8 Å². The predicted molar refractivity (Wildman–Crippen MR) is 105 cm³/mol. The van der Waals surface area contributed by atoms with Gasteiger partial charge in [-0.1, -0.05) is 0 Å². The number of nitrogens with one attached hydrogen (secondary N) is 2. The zero-order valence-electron chi connectivity index (χ0n) is 15.5. The predicted octanol–water partition coefficient (Wildman–Crippen LogP) is 2.95. The highest BCUT2D eigenvalue weighted by atomic mass is 16.5. The molecule has 28 heavy (non-hydrogen) atoms. The number of carbonyl (C=O) groups excluding carboxylic acids is 1. The summed E-state index contributed by atoms with van der Waals surface area (Å²) in [4.78, 5) is 12.2. The molecule has 0 saturated carbocycles. The lowest BCUT2D eigenvalue weighted by Crippen LogP contribution is -2.17. The number of phenolic OH excluding ortho intramolecular Hbond substituents is 1. The number of carbonyl (C=O) groups is 1. The number of hydrazone groups is 1. The summed E-state index contributed by atoms with van der Waals surface area (Å²) < 4.78 is 10.8. The fourth-order valence-corrected chi connectivity index (χ4v) is 2.47. The van der Waals surface area contributed by atoms with Gasteiger partial charge in [-0.3, -0.25) is 9.89 Å². The quantitative estimate of drug-likeness (QED) is 0.431. The van der Waals surface area contributed by atoms with Crippen molar-refractivity contribution in [2.24, 2.45) is 5.10 Å². The minimum absolute atomic E-state index is 0.164. The Kier molecular flexibility index (Phi) is 5.91. The van der Waals surface area contributed by atoms with Crippen LogP contribution in [0.4, 0.5) is 0 Å². The summed E-state index contributed by atoms with van der Waals surface area (Å²) >= 11 is 0. The summed E-state index contributed by atoms with van der Waals surface area (Å²) in [6, 6.07) is 13.5. The number of hydrogen-bond donors (Lipinski definition) is 3. The Balaban J connectivity index is 1.69. The molecule has 8 heteroatoms. The number of ether oxygens (including phenoxy) is 2. The van der Waals surface area contributed by atoms with E-state index >= 15 is 0 Å². The minimum atomic E-state index is -0.424. The molecule has 3 aromatic rings. The van der Waals surface area contributed by atoms with Crippen LogP contribution < -0.4 is 14.9 Å². The molecule has 0 saturated heterocycles. The van der Waals surface area contributed by atoms with Gasteiger partial charge in [0.2, 0.25) is 0 Å². The number of aromatic amines is 1. The van der Waals surface area contributed by atoms with E-state index in [2.05, 4.69) is 20.7 Å². The highest BCUT2D eigenvalue weighted by Crippen LogP contribution is 2.32. The van der Waals surface area contributed by atoms with E-state index in [-0.39, 0.29) is 11.4 Å². The molecule has 1 heterocycles. The van der Waals surface area contributed by atoms with Gasteiger partial charge in [0.05, 0.1) is 25.6 Å². The second-order valence-corrected chi connectivity index (χ2v) is 5.76. The van der Waals surface area contributed by atoms with Crippen molar-refractivity contribution in [3.63, 3.8) is 0 Å². The third-order valence-corrected chi connectivity index (χ3v) is 3.85. The number of aromatic nitrogens is 2. The Bertz CT molecular complexity index is 980. The molecule has 3 rings (SSSR count). The molecule has 0 unspecified atom stereocenters. The molecule has 0 radical (unpaired) electrons.